The number of aryl methyl sites for hydroxylation is 1. The Hall–Kier alpha value is -3.42. The van der Waals surface area contributed by atoms with Gasteiger partial charge >= 0.3 is 0 Å². The zero-order valence-electron chi connectivity index (χ0n) is 15.2. The Morgan fingerprint density at radius 3 is 2.50 bits per heavy atom. The topological polar surface area (TPSA) is 58.7 Å². The first-order valence-electron chi connectivity index (χ1n) is 8.80. The van der Waals surface area contributed by atoms with Crippen molar-refractivity contribution in [3.8, 4) is 17.3 Å². The molecule has 2 aromatic heterocycles. The Labute approximate surface area is 167 Å². The van der Waals surface area contributed by atoms with Gasteiger partial charge in [0.05, 0.1) is 22.8 Å². The number of rotatable bonds is 3. The van der Waals surface area contributed by atoms with Crippen LogP contribution in [0.3, 0.4) is 0 Å². The number of hydrogen-bond donors (Lipinski definition) is 0. The van der Waals surface area contributed by atoms with E-state index in [1.165, 1.54) is 0 Å². The molecule has 0 fully saturated rings. The molecule has 0 aliphatic heterocycles. The first-order valence-corrected chi connectivity index (χ1v) is 9.17. The molecule has 4 aromatic rings. The van der Waals surface area contributed by atoms with Crippen LogP contribution in [-0.2, 0) is 13.5 Å². The molecule has 0 amide bonds. The molecule has 2 aromatic carbocycles. The van der Waals surface area contributed by atoms with Gasteiger partial charge in [-0.25, -0.2) is 4.98 Å². The maximum Gasteiger partial charge on any atom is 0.251 e. The summed E-state index contributed by atoms with van der Waals surface area (Å²) in [4.78, 5) is 16.8. The van der Waals surface area contributed by atoms with Gasteiger partial charge in [-0.1, -0.05) is 35.9 Å². The number of nitriles is 1. The quantitative estimate of drug-likeness (QED) is 0.479. The van der Waals surface area contributed by atoms with Crippen LogP contribution in [-0.4, -0.2) is 9.55 Å². The van der Waals surface area contributed by atoms with Crippen molar-refractivity contribution < 1.29 is 0 Å². The maximum absolute atomic E-state index is 12.4. The lowest BCUT2D eigenvalue weighted by Crippen LogP contribution is -2.16. The Kier molecular flexibility index (Phi) is 4.68. The molecule has 4 rings (SSSR count). The van der Waals surface area contributed by atoms with Crippen molar-refractivity contribution in [1.29, 1.82) is 5.26 Å². The Balaban J connectivity index is 1.85. The fourth-order valence-corrected chi connectivity index (χ4v) is 3.48. The molecule has 0 aliphatic carbocycles. The van der Waals surface area contributed by atoms with E-state index in [0.717, 1.165) is 34.0 Å². The highest BCUT2D eigenvalue weighted by molar-refractivity contribution is 6.29. The van der Waals surface area contributed by atoms with Crippen LogP contribution in [0.1, 0.15) is 16.7 Å². The zero-order chi connectivity index (χ0) is 19.7. The second kappa shape index (κ2) is 7.30. The highest BCUT2D eigenvalue weighted by Crippen LogP contribution is 2.28. The van der Waals surface area contributed by atoms with Crippen LogP contribution in [0.15, 0.2) is 71.5 Å². The van der Waals surface area contributed by atoms with Gasteiger partial charge in [0.15, 0.2) is 0 Å². The third kappa shape index (κ3) is 3.40. The lowest BCUT2D eigenvalue weighted by molar-refractivity contribution is 0.906. The first kappa shape index (κ1) is 18.0. The van der Waals surface area contributed by atoms with Gasteiger partial charge in [0.25, 0.3) is 5.56 Å². The molecule has 28 heavy (non-hydrogen) atoms. The molecule has 0 bridgehead atoms. The van der Waals surface area contributed by atoms with Crippen molar-refractivity contribution in [2.45, 2.75) is 6.42 Å². The minimum atomic E-state index is -0.0934. The molecule has 0 unspecified atom stereocenters. The number of halogens is 1. The van der Waals surface area contributed by atoms with Gasteiger partial charge < -0.3 is 4.57 Å². The van der Waals surface area contributed by atoms with E-state index in [2.05, 4.69) is 17.1 Å². The summed E-state index contributed by atoms with van der Waals surface area (Å²) in [6, 6.07) is 22.8. The normalized spacial score (nSPS) is 10.8. The van der Waals surface area contributed by atoms with E-state index in [1.807, 2.05) is 48.5 Å². The van der Waals surface area contributed by atoms with Gasteiger partial charge in [-0.2, -0.15) is 5.26 Å². The molecule has 2 heterocycles. The summed E-state index contributed by atoms with van der Waals surface area (Å²) >= 11 is 6.06. The van der Waals surface area contributed by atoms with Gasteiger partial charge in [-0.3, -0.25) is 4.79 Å². The van der Waals surface area contributed by atoms with Crippen LogP contribution >= 0.6 is 11.6 Å². The number of pyridine rings is 2. The molecular formula is C23H16ClN3O. The van der Waals surface area contributed by atoms with E-state index in [9.17, 15) is 4.79 Å². The standard InChI is InChI=1S/C23H16ClN3O/c1-27-21-10-9-17(11-15-5-7-16(14-25)8-6-15)12-19(21)18(13-23(27)28)20-3-2-4-22(24)26-20/h2-10,12-13H,11H2,1H3. The molecule has 5 heteroatoms. The van der Waals surface area contributed by atoms with Gasteiger partial charge in [-0.15, -0.1) is 0 Å². The highest BCUT2D eigenvalue weighted by atomic mass is 35.5. The minimum Gasteiger partial charge on any atom is -0.311 e. The van der Waals surface area contributed by atoms with Crippen LogP contribution in [0.4, 0.5) is 0 Å². The van der Waals surface area contributed by atoms with E-state index in [-0.39, 0.29) is 5.56 Å². The van der Waals surface area contributed by atoms with Crippen molar-refractivity contribution in [3.05, 3.63) is 98.9 Å². The number of hydrogen-bond acceptors (Lipinski definition) is 3. The van der Waals surface area contributed by atoms with E-state index < -0.39 is 0 Å². The molecule has 0 atom stereocenters. The van der Waals surface area contributed by atoms with Crippen LogP contribution in [0.25, 0.3) is 22.2 Å². The van der Waals surface area contributed by atoms with Crippen molar-refractivity contribution >= 4 is 22.5 Å². The van der Waals surface area contributed by atoms with Crippen LogP contribution in [0, 0.1) is 11.3 Å². The molecule has 0 N–H and O–H groups in total. The smallest absolute Gasteiger partial charge is 0.251 e. The lowest BCUT2D eigenvalue weighted by Gasteiger charge is -2.12. The molecular weight excluding hydrogens is 370 g/mol. The summed E-state index contributed by atoms with van der Waals surface area (Å²) in [5.41, 5.74) is 5.06. The molecule has 136 valence electrons. The molecule has 0 saturated heterocycles. The van der Waals surface area contributed by atoms with Gasteiger partial charge in [0.2, 0.25) is 0 Å². The Morgan fingerprint density at radius 1 is 1.04 bits per heavy atom. The summed E-state index contributed by atoms with van der Waals surface area (Å²) < 4.78 is 1.63. The summed E-state index contributed by atoms with van der Waals surface area (Å²) in [5, 5.41) is 10.3. The fourth-order valence-electron chi connectivity index (χ4n) is 3.32. The molecule has 0 aliphatic rings. The monoisotopic (exact) mass is 385 g/mol. The molecule has 4 nitrogen and oxygen atoms in total. The van der Waals surface area contributed by atoms with Crippen LogP contribution in [0.2, 0.25) is 5.15 Å². The predicted octanol–water partition coefficient (Wildman–Crippen LogP) is 4.72. The maximum atomic E-state index is 12.4. The minimum absolute atomic E-state index is 0.0934. The predicted molar refractivity (Wildman–Crippen MR) is 111 cm³/mol. The summed E-state index contributed by atoms with van der Waals surface area (Å²) in [6.07, 6.45) is 0.729. The Morgan fingerprint density at radius 2 is 1.79 bits per heavy atom. The third-order valence-corrected chi connectivity index (χ3v) is 5.00. The molecule has 0 spiro atoms. The summed E-state index contributed by atoms with van der Waals surface area (Å²) in [5.74, 6) is 0. The average Bonchev–Trinajstić information content (AvgIpc) is 2.71. The van der Waals surface area contributed by atoms with Crippen LogP contribution in [0.5, 0.6) is 0 Å². The third-order valence-electron chi connectivity index (χ3n) is 4.79. The van der Waals surface area contributed by atoms with Gasteiger partial charge in [0.1, 0.15) is 5.15 Å². The molecule has 0 saturated carbocycles. The Bertz CT molecular complexity index is 1280. The van der Waals surface area contributed by atoms with E-state index >= 15 is 0 Å². The van der Waals surface area contributed by atoms with E-state index in [4.69, 9.17) is 16.9 Å². The fraction of sp³-hybridized carbons (Fsp3) is 0.0870. The summed E-state index contributed by atoms with van der Waals surface area (Å²) in [7, 11) is 1.76. The number of fused-ring (bicyclic) bond motifs is 1. The zero-order valence-corrected chi connectivity index (χ0v) is 15.9. The largest absolute Gasteiger partial charge is 0.311 e. The second-order valence-electron chi connectivity index (χ2n) is 6.64. The second-order valence-corrected chi connectivity index (χ2v) is 7.03. The van der Waals surface area contributed by atoms with Gasteiger partial charge in [0, 0.05) is 24.1 Å². The molecule has 0 radical (unpaired) electrons. The van der Waals surface area contributed by atoms with Crippen LogP contribution < -0.4 is 5.56 Å². The first-order chi connectivity index (χ1) is 13.5. The lowest BCUT2D eigenvalue weighted by atomic mass is 9.99. The number of nitrogens with zero attached hydrogens (tertiary/aromatic N) is 3. The summed E-state index contributed by atoms with van der Waals surface area (Å²) in [6.45, 7) is 0. The van der Waals surface area contributed by atoms with Gasteiger partial charge in [-0.05, 0) is 53.9 Å². The van der Waals surface area contributed by atoms with E-state index in [0.29, 0.717) is 16.4 Å². The number of benzene rings is 2. The SMILES string of the molecule is Cn1c(=O)cc(-c2cccc(Cl)n2)c2cc(Cc3ccc(C#N)cc3)ccc21. The highest BCUT2D eigenvalue weighted by Gasteiger charge is 2.11. The van der Waals surface area contributed by atoms with Crippen molar-refractivity contribution in [1.82, 2.24) is 9.55 Å². The van der Waals surface area contributed by atoms with Crippen molar-refractivity contribution in [2.75, 3.05) is 0 Å². The number of aromatic nitrogens is 2. The van der Waals surface area contributed by atoms with E-state index in [1.54, 1.807) is 23.7 Å². The van der Waals surface area contributed by atoms with Crippen molar-refractivity contribution in [2.24, 2.45) is 7.05 Å². The average molecular weight is 386 g/mol. The van der Waals surface area contributed by atoms with Crippen molar-refractivity contribution in [3.63, 3.8) is 0 Å².